The average Bonchev–Trinajstić information content (AvgIpc) is 2.57. The quantitative estimate of drug-likeness (QED) is 0.758. The van der Waals surface area contributed by atoms with Crippen LogP contribution in [-0.4, -0.2) is 9.78 Å². The molecule has 0 spiro atoms. The molecule has 0 aliphatic carbocycles. The van der Waals surface area contributed by atoms with Crippen molar-refractivity contribution in [3.05, 3.63) is 35.8 Å². The maximum absolute atomic E-state index is 13.5. The lowest BCUT2D eigenvalue weighted by Gasteiger charge is -2.06. The van der Waals surface area contributed by atoms with Crippen LogP contribution in [0.3, 0.4) is 0 Å². The van der Waals surface area contributed by atoms with Crippen molar-refractivity contribution in [3.8, 4) is 11.3 Å². The molecule has 0 unspecified atom stereocenters. The SMILES string of the molecule is Cn1ncc(N)c1-c1ccc(F)c(F)c1F. The van der Waals surface area contributed by atoms with Gasteiger partial charge in [-0.3, -0.25) is 4.68 Å². The molecule has 1 aromatic carbocycles. The van der Waals surface area contributed by atoms with Gasteiger partial charge in [-0.1, -0.05) is 0 Å². The van der Waals surface area contributed by atoms with Crippen molar-refractivity contribution in [2.24, 2.45) is 7.05 Å². The summed E-state index contributed by atoms with van der Waals surface area (Å²) in [6, 6.07) is 1.97. The Labute approximate surface area is 89.3 Å². The Hall–Kier alpha value is -1.98. The van der Waals surface area contributed by atoms with Crippen LogP contribution in [0.4, 0.5) is 18.9 Å². The number of anilines is 1. The molecule has 2 aromatic rings. The molecule has 0 fully saturated rings. The number of nitrogen functional groups attached to an aromatic ring is 1. The summed E-state index contributed by atoms with van der Waals surface area (Å²) in [7, 11) is 1.53. The van der Waals surface area contributed by atoms with E-state index in [4.69, 9.17) is 5.73 Å². The van der Waals surface area contributed by atoms with Gasteiger partial charge in [0.25, 0.3) is 0 Å². The molecule has 1 heterocycles. The molecule has 2 N–H and O–H groups in total. The predicted octanol–water partition coefficient (Wildman–Crippen LogP) is 2.09. The van der Waals surface area contributed by atoms with Crippen LogP contribution in [0.15, 0.2) is 18.3 Å². The van der Waals surface area contributed by atoms with Crippen molar-refractivity contribution >= 4 is 5.69 Å². The molecule has 1 aromatic heterocycles. The van der Waals surface area contributed by atoms with E-state index in [-0.39, 0.29) is 16.9 Å². The minimum absolute atomic E-state index is 0.114. The Morgan fingerprint density at radius 2 is 1.88 bits per heavy atom. The van der Waals surface area contributed by atoms with Crippen molar-refractivity contribution in [2.45, 2.75) is 0 Å². The fourth-order valence-electron chi connectivity index (χ4n) is 1.49. The van der Waals surface area contributed by atoms with Gasteiger partial charge in [0.15, 0.2) is 17.5 Å². The molecule has 0 aliphatic heterocycles. The third-order valence-corrected chi connectivity index (χ3v) is 2.26. The highest BCUT2D eigenvalue weighted by molar-refractivity contribution is 5.72. The molecular weight excluding hydrogens is 219 g/mol. The van der Waals surface area contributed by atoms with Crippen LogP contribution in [0, 0.1) is 17.5 Å². The number of rotatable bonds is 1. The number of nitrogens with two attached hydrogens (primary N) is 1. The maximum Gasteiger partial charge on any atom is 0.195 e. The highest BCUT2D eigenvalue weighted by Crippen LogP contribution is 2.29. The summed E-state index contributed by atoms with van der Waals surface area (Å²) >= 11 is 0. The number of aromatic nitrogens is 2. The lowest BCUT2D eigenvalue weighted by atomic mass is 10.1. The minimum Gasteiger partial charge on any atom is -0.396 e. The Bertz CT molecular complexity index is 529. The van der Waals surface area contributed by atoms with Gasteiger partial charge in [0.2, 0.25) is 0 Å². The molecule has 0 bridgehead atoms. The largest absolute Gasteiger partial charge is 0.396 e. The zero-order valence-corrected chi connectivity index (χ0v) is 8.34. The van der Waals surface area contributed by atoms with Gasteiger partial charge in [-0.2, -0.15) is 5.10 Å². The first-order valence-corrected chi connectivity index (χ1v) is 4.43. The third kappa shape index (κ3) is 1.42. The van der Waals surface area contributed by atoms with E-state index >= 15 is 0 Å². The zero-order valence-electron chi connectivity index (χ0n) is 8.34. The second-order valence-electron chi connectivity index (χ2n) is 3.30. The Morgan fingerprint density at radius 1 is 1.19 bits per heavy atom. The van der Waals surface area contributed by atoms with Gasteiger partial charge >= 0.3 is 0 Å². The van der Waals surface area contributed by atoms with Gasteiger partial charge in [-0.25, -0.2) is 13.2 Å². The van der Waals surface area contributed by atoms with Gasteiger partial charge in [0.1, 0.15) is 0 Å². The number of hydrogen-bond donors (Lipinski definition) is 1. The lowest BCUT2D eigenvalue weighted by Crippen LogP contribution is -2.00. The summed E-state index contributed by atoms with van der Waals surface area (Å²) in [6.45, 7) is 0. The summed E-state index contributed by atoms with van der Waals surface area (Å²) in [5.74, 6) is -4.02. The molecule has 0 amide bonds. The Morgan fingerprint density at radius 3 is 2.44 bits per heavy atom. The van der Waals surface area contributed by atoms with E-state index in [1.54, 1.807) is 0 Å². The first kappa shape index (κ1) is 10.5. The molecular formula is C10H8F3N3. The third-order valence-electron chi connectivity index (χ3n) is 2.26. The molecule has 2 rings (SSSR count). The predicted molar refractivity (Wildman–Crippen MR) is 52.9 cm³/mol. The molecule has 0 saturated heterocycles. The van der Waals surface area contributed by atoms with E-state index in [1.165, 1.54) is 17.9 Å². The van der Waals surface area contributed by atoms with Crippen LogP contribution >= 0.6 is 0 Å². The van der Waals surface area contributed by atoms with Gasteiger partial charge in [0, 0.05) is 12.6 Å². The van der Waals surface area contributed by atoms with Gasteiger partial charge < -0.3 is 5.73 Å². The fraction of sp³-hybridized carbons (Fsp3) is 0.100. The highest BCUT2D eigenvalue weighted by Gasteiger charge is 2.18. The molecule has 84 valence electrons. The van der Waals surface area contributed by atoms with Crippen LogP contribution in [0.1, 0.15) is 0 Å². The van der Waals surface area contributed by atoms with Crippen molar-refractivity contribution in [1.29, 1.82) is 0 Å². The van der Waals surface area contributed by atoms with Crippen molar-refractivity contribution < 1.29 is 13.2 Å². The van der Waals surface area contributed by atoms with Crippen LogP contribution < -0.4 is 5.73 Å². The number of nitrogens with zero attached hydrogens (tertiary/aromatic N) is 2. The summed E-state index contributed by atoms with van der Waals surface area (Å²) in [5.41, 5.74) is 5.87. The summed E-state index contributed by atoms with van der Waals surface area (Å²) in [5, 5.41) is 3.79. The molecule has 0 aliphatic rings. The second-order valence-corrected chi connectivity index (χ2v) is 3.30. The number of halogens is 3. The van der Waals surface area contributed by atoms with E-state index in [0.717, 1.165) is 12.1 Å². The van der Waals surface area contributed by atoms with E-state index in [9.17, 15) is 13.2 Å². The molecule has 0 radical (unpaired) electrons. The normalized spacial score (nSPS) is 10.8. The summed E-state index contributed by atoms with van der Waals surface area (Å²) in [6.07, 6.45) is 1.32. The first-order valence-electron chi connectivity index (χ1n) is 4.43. The van der Waals surface area contributed by atoms with Gasteiger partial charge in [-0.15, -0.1) is 0 Å². The van der Waals surface area contributed by atoms with E-state index in [1.807, 2.05) is 0 Å². The molecule has 0 atom stereocenters. The zero-order chi connectivity index (χ0) is 11.9. The van der Waals surface area contributed by atoms with Crippen molar-refractivity contribution in [2.75, 3.05) is 5.73 Å². The van der Waals surface area contributed by atoms with Crippen LogP contribution in [0.25, 0.3) is 11.3 Å². The van der Waals surface area contributed by atoms with Crippen LogP contribution in [0.5, 0.6) is 0 Å². The monoisotopic (exact) mass is 227 g/mol. The smallest absolute Gasteiger partial charge is 0.195 e. The standard InChI is InChI=1S/C10H8F3N3/c1-16-10(7(14)4-15-16)5-2-3-6(11)9(13)8(5)12/h2-4H,14H2,1H3. The maximum atomic E-state index is 13.5. The van der Waals surface area contributed by atoms with Crippen LogP contribution in [-0.2, 0) is 7.05 Å². The topological polar surface area (TPSA) is 43.8 Å². The number of aryl methyl sites for hydroxylation is 1. The fourth-order valence-corrected chi connectivity index (χ4v) is 1.49. The first-order chi connectivity index (χ1) is 7.52. The number of hydrogen-bond acceptors (Lipinski definition) is 2. The van der Waals surface area contributed by atoms with E-state index in [2.05, 4.69) is 5.10 Å². The summed E-state index contributed by atoms with van der Waals surface area (Å²) in [4.78, 5) is 0. The molecule has 3 nitrogen and oxygen atoms in total. The lowest BCUT2D eigenvalue weighted by molar-refractivity contribution is 0.448. The minimum atomic E-state index is -1.52. The molecule has 0 saturated carbocycles. The highest BCUT2D eigenvalue weighted by atomic mass is 19.2. The second kappa shape index (κ2) is 3.55. The van der Waals surface area contributed by atoms with E-state index in [0.29, 0.717) is 0 Å². The Kier molecular flexibility index (Phi) is 2.34. The Balaban J connectivity index is 2.71. The van der Waals surface area contributed by atoms with Crippen LogP contribution in [0.2, 0.25) is 0 Å². The van der Waals surface area contributed by atoms with Gasteiger partial charge in [0.05, 0.1) is 17.6 Å². The van der Waals surface area contributed by atoms with Crippen molar-refractivity contribution in [1.82, 2.24) is 9.78 Å². The average molecular weight is 227 g/mol. The van der Waals surface area contributed by atoms with Crippen molar-refractivity contribution in [3.63, 3.8) is 0 Å². The number of benzene rings is 1. The van der Waals surface area contributed by atoms with E-state index < -0.39 is 17.5 Å². The summed E-state index contributed by atoms with van der Waals surface area (Å²) < 4.78 is 40.5. The molecule has 6 heteroatoms. The molecule has 16 heavy (non-hydrogen) atoms. The van der Waals surface area contributed by atoms with Gasteiger partial charge in [-0.05, 0) is 12.1 Å².